The van der Waals surface area contributed by atoms with Crippen LogP contribution < -0.4 is 5.32 Å². The molecule has 1 aliphatic rings. The molecule has 1 fully saturated rings. The number of rotatable bonds is 13. The monoisotopic (exact) mass is 444 g/mol. The molecular weight excluding hydrogens is 392 g/mol. The largest absolute Gasteiger partial charge is 0.396 e. The molecule has 0 aromatic carbocycles. The second-order valence-electron chi connectivity index (χ2n) is 9.41. The zero-order valence-electron chi connectivity index (χ0n) is 20.7. The third-order valence-electron chi connectivity index (χ3n) is 6.19. The van der Waals surface area contributed by atoms with Gasteiger partial charge in [0, 0.05) is 44.7 Å². The first kappa shape index (κ1) is 28.8. The van der Waals surface area contributed by atoms with Gasteiger partial charge in [-0.1, -0.05) is 71.6 Å². The van der Waals surface area contributed by atoms with E-state index >= 15 is 0 Å². The number of aliphatic hydroxyl groups is 1. The van der Waals surface area contributed by atoms with Crippen molar-refractivity contribution in [3.05, 3.63) is 0 Å². The lowest BCUT2D eigenvalue weighted by atomic mass is 9.84. The van der Waals surface area contributed by atoms with E-state index in [1.165, 1.54) is 57.8 Å². The highest BCUT2D eigenvalue weighted by Gasteiger charge is 2.26. The van der Waals surface area contributed by atoms with E-state index in [1.54, 1.807) is 0 Å². The van der Waals surface area contributed by atoms with Gasteiger partial charge in [0.05, 0.1) is 39.6 Å². The zero-order valence-corrected chi connectivity index (χ0v) is 20.7. The minimum absolute atomic E-state index is 0.0608. The molecule has 0 spiro atoms. The van der Waals surface area contributed by atoms with Gasteiger partial charge in [0.15, 0.2) is 0 Å². The topological polar surface area (TPSA) is 63.2 Å². The summed E-state index contributed by atoms with van der Waals surface area (Å²) in [7, 11) is 0. The van der Waals surface area contributed by atoms with Crippen LogP contribution in [0.15, 0.2) is 0 Å². The van der Waals surface area contributed by atoms with Crippen molar-refractivity contribution in [1.29, 1.82) is 0 Å². The van der Waals surface area contributed by atoms with E-state index in [0.29, 0.717) is 26.4 Å². The Morgan fingerprint density at radius 3 is 1.84 bits per heavy atom. The summed E-state index contributed by atoms with van der Waals surface area (Å²) >= 11 is 0. The summed E-state index contributed by atoms with van der Waals surface area (Å²) in [5, 5.41) is 13.5. The van der Waals surface area contributed by atoms with Gasteiger partial charge in [-0.3, -0.25) is 4.90 Å². The number of ether oxygens (including phenoxy) is 3. The van der Waals surface area contributed by atoms with Crippen molar-refractivity contribution >= 4 is 0 Å². The lowest BCUT2D eigenvalue weighted by molar-refractivity contribution is 0.0206. The number of nitrogens with zero attached hydrogens (tertiary/aromatic N) is 1. The summed E-state index contributed by atoms with van der Waals surface area (Å²) < 4.78 is 17.1. The molecule has 0 radical (unpaired) electrons. The molecule has 2 N–H and O–H groups in total. The van der Waals surface area contributed by atoms with E-state index in [9.17, 15) is 5.11 Å². The zero-order chi connectivity index (χ0) is 22.5. The summed E-state index contributed by atoms with van der Waals surface area (Å²) in [4.78, 5) is 2.40. The minimum Gasteiger partial charge on any atom is -0.396 e. The first-order valence-corrected chi connectivity index (χ1v) is 13.0. The van der Waals surface area contributed by atoms with Crippen LogP contribution in [0.1, 0.15) is 78.1 Å². The maximum atomic E-state index is 10.1. The van der Waals surface area contributed by atoms with Crippen molar-refractivity contribution in [3.63, 3.8) is 0 Å². The van der Waals surface area contributed by atoms with Gasteiger partial charge in [-0.25, -0.2) is 0 Å². The summed E-state index contributed by atoms with van der Waals surface area (Å²) in [6, 6.07) is 0. The van der Waals surface area contributed by atoms with Crippen molar-refractivity contribution in [1.82, 2.24) is 10.2 Å². The van der Waals surface area contributed by atoms with Crippen LogP contribution in [0.2, 0.25) is 0 Å². The Balaban J connectivity index is 2.31. The molecule has 1 rings (SSSR count). The Bertz CT molecular complexity index is 371. The van der Waals surface area contributed by atoms with Gasteiger partial charge in [0.2, 0.25) is 0 Å². The fourth-order valence-corrected chi connectivity index (χ4v) is 4.11. The molecule has 1 saturated heterocycles. The average molecular weight is 445 g/mol. The third-order valence-corrected chi connectivity index (χ3v) is 6.19. The predicted molar refractivity (Wildman–Crippen MR) is 129 cm³/mol. The standard InChI is InChI=1S/C25H52N2O4/c1-3-4-5-6-7-8-9-10-11-12-25(2,24-28)23-27-15-19-29-17-13-26-14-18-30-21-22-31-20-16-27/h26,28H,3-24H2,1-2H3. The Kier molecular flexibility index (Phi) is 18.9. The number of aliphatic hydroxyl groups excluding tert-OH is 1. The molecule has 186 valence electrons. The average Bonchev–Trinajstić information content (AvgIpc) is 2.78. The van der Waals surface area contributed by atoms with Gasteiger partial charge in [-0.15, -0.1) is 0 Å². The van der Waals surface area contributed by atoms with Crippen LogP contribution >= 0.6 is 0 Å². The van der Waals surface area contributed by atoms with Crippen molar-refractivity contribution in [3.8, 4) is 0 Å². The number of hydrogen-bond donors (Lipinski definition) is 2. The summed E-state index contributed by atoms with van der Waals surface area (Å²) in [6.45, 7) is 13.2. The van der Waals surface area contributed by atoms with Crippen LogP contribution in [0.4, 0.5) is 0 Å². The fraction of sp³-hybridized carbons (Fsp3) is 1.00. The molecule has 0 aromatic heterocycles. The van der Waals surface area contributed by atoms with Crippen molar-refractivity contribution in [2.45, 2.75) is 78.1 Å². The van der Waals surface area contributed by atoms with Gasteiger partial charge in [-0.05, 0) is 6.42 Å². The Hall–Kier alpha value is -0.240. The first-order chi connectivity index (χ1) is 15.2. The second kappa shape index (κ2) is 20.4. The molecule has 0 bridgehead atoms. The molecule has 1 heterocycles. The summed E-state index contributed by atoms with van der Waals surface area (Å²) in [6.07, 6.45) is 13.1. The lowest BCUT2D eigenvalue weighted by Gasteiger charge is -2.34. The Morgan fingerprint density at radius 2 is 1.26 bits per heavy atom. The van der Waals surface area contributed by atoms with Crippen LogP contribution in [-0.4, -0.2) is 89.0 Å². The maximum absolute atomic E-state index is 10.1. The molecule has 1 unspecified atom stereocenters. The minimum atomic E-state index is -0.0608. The molecule has 0 aliphatic carbocycles. The predicted octanol–water partition coefficient (Wildman–Crippen LogP) is 3.86. The SMILES string of the molecule is CCCCCCCCCCCC(C)(CO)CN1CCOCCNCCOCCOCC1. The van der Waals surface area contributed by atoms with Gasteiger partial charge in [-0.2, -0.15) is 0 Å². The third kappa shape index (κ3) is 17.0. The van der Waals surface area contributed by atoms with Gasteiger partial charge >= 0.3 is 0 Å². The summed E-state index contributed by atoms with van der Waals surface area (Å²) in [5.74, 6) is 0. The van der Waals surface area contributed by atoms with E-state index in [1.807, 2.05) is 0 Å². The second-order valence-corrected chi connectivity index (χ2v) is 9.41. The molecule has 1 atom stereocenters. The number of nitrogens with one attached hydrogen (secondary N) is 1. The van der Waals surface area contributed by atoms with Gasteiger partial charge in [0.25, 0.3) is 0 Å². The smallest absolute Gasteiger partial charge is 0.0701 e. The molecule has 6 nitrogen and oxygen atoms in total. The molecule has 6 heteroatoms. The molecule has 0 amide bonds. The molecular formula is C25H52N2O4. The van der Waals surface area contributed by atoms with Crippen LogP contribution in [-0.2, 0) is 14.2 Å². The van der Waals surface area contributed by atoms with E-state index in [4.69, 9.17) is 14.2 Å². The van der Waals surface area contributed by atoms with E-state index in [-0.39, 0.29) is 12.0 Å². The normalized spacial score (nSPS) is 20.6. The van der Waals surface area contributed by atoms with Crippen LogP contribution in [0.5, 0.6) is 0 Å². The highest BCUT2D eigenvalue weighted by molar-refractivity contribution is 4.78. The van der Waals surface area contributed by atoms with Crippen LogP contribution in [0, 0.1) is 5.41 Å². The maximum Gasteiger partial charge on any atom is 0.0701 e. The highest BCUT2D eigenvalue weighted by atomic mass is 16.5. The number of hydrogen-bond acceptors (Lipinski definition) is 6. The molecule has 31 heavy (non-hydrogen) atoms. The highest BCUT2D eigenvalue weighted by Crippen LogP contribution is 2.26. The Labute approximate surface area is 192 Å². The van der Waals surface area contributed by atoms with E-state index in [2.05, 4.69) is 24.1 Å². The van der Waals surface area contributed by atoms with Gasteiger partial charge < -0.3 is 24.6 Å². The number of unbranched alkanes of at least 4 members (excludes halogenated alkanes) is 8. The molecule has 1 aliphatic heterocycles. The van der Waals surface area contributed by atoms with Gasteiger partial charge in [0.1, 0.15) is 0 Å². The van der Waals surface area contributed by atoms with Crippen LogP contribution in [0.25, 0.3) is 0 Å². The van der Waals surface area contributed by atoms with Crippen molar-refractivity contribution in [2.24, 2.45) is 5.41 Å². The lowest BCUT2D eigenvalue weighted by Crippen LogP contribution is -2.41. The molecule has 0 saturated carbocycles. The first-order valence-electron chi connectivity index (χ1n) is 13.0. The van der Waals surface area contributed by atoms with Crippen molar-refractivity contribution < 1.29 is 19.3 Å². The quantitative estimate of drug-likeness (QED) is 0.421. The van der Waals surface area contributed by atoms with Crippen LogP contribution in [0.3, 0.4) is 0 Å². The van der Waals surface area contributed by atoms with E-state index in [0.717, 1.165) is 52.4 Å². The molecule has 0 aromatic rings. The Morgan fingerprint density at radius 1 is 0.742 bits per heavy atom. The summed E-state index contributed by atoms with van der Waals surface area (Å²) in [5.41, 5.74) is -0.0608. The van der Waals surface area contributed by atoms with E-state index < -0.39 is 0 Å². The van der Waals surface area contributed by atoms with Crippen molar-refractivity contribution in [2.75, 3.05) is 79.0 Å². The fourth-order valence-electron chi connectivity index (χ4n) is 4.11.